The van der Waals surface area contributed by atoms with Gasteiger partial charge in [-0.25, -0.2) is 13.2 Å². The SMILES string of the molecule is CCOc1ccc(-c2ccc3c(F)c(CCc4ccc(OCC(F)(F)F)c(F)c4)ccc3c2)c(F)c1. The van der Waals surface area contributed by atoms with Crippen LogP contribution in [0.5, 0.6) is 11.5 Å². The van der Waals surface area contributed by atoms with E-state index in [9.17, 15) is 22.0 Å². The predicted octanol–water partition coefficient (Wildman–Crippen LogP) is 8.05. The lowest BCUT2D eigenvalue weighted by molar-refractivity contribution is -0.153. The Labute approximate surface area is 204 Å². The van der Waals surface area contributed by atoms with Gasteiger partial charge in [-0.15, -0.1) is 0 Å². The molecule has 0 amide bonds. The minimum atomic E-state index is -4.57. The van der Waals surface area contributed by atoms with Gasteiger partial charge in [-0.05, 0) is 72.2 Å². The fourth-order valence-corrected chi connectivity index (χ4v) is 3.94. The molecule has 8 heteroatoms. The number of hydrogen-bond donors (Lipinski definition) is 0. The molecule has 4 aromatic carbocycles. The number of alkyl halides is 3. The Morgan fingerprint density at radius 2 is 1.56 bits per heavy atom. The van der Waals surface area contributed by atoms with Crippen LogP contribution in [0.15, 0.2) is 66.7 Å². The lowest BCUT2D eigenvalue weighted by Gasteiger charge is -2.12. The maximum Gasteiger partial charge on any atom is 0.422 e. The van der Waals surface area contributed by atoms with Crippen molar-refractivity contribution in [3.63, 3.8) is 0 Å². The van der Waals surface area contributed by atoms with E-state index in [0.29, 0.717) is 45.4 Å². The number of halogens is 6. The molecule has 36 heavy (non-hydrogen) atoms. The summed E-state index contributed by atoms with van der Waals surface area (Å²) < 4.78 is 90.5. The molecule has 0 fully saturated rings. The monoisotopic (exact) mass is 504 g/mol. The standard InChI is InChI=1S/C28H22F6O2/c1-2-35-21-9-11-22(24(29)15-21)19-8-10-23-20(14-19)7-6-18(27(23)31)5-3-17-4-12-26(25(30)13-17)36-16-28(32,33)34/h4,6-15H,2-3,5,16H2,1H3. The van der Waals surface area contributed by atoms with Gasteiger partial charge in [0.25, 0.3) is 0 Å². The maximum atomic E-state index is 15.2. The maximum absolute atomic E-state index is 15.2. The summed E-state index contributed by atoms with van der Waals surface area (Å²) in [6.07, 6.45) is -4.05. The molecule has 4 rings (SSSR count). The van der Waals surface area contributed by atoms with E-state index in [4.69, 9.17) is 4.74 Å². The van der Waals surface area contributed by atoms with Crippen LogP contribution in [0.25, 0.3) is 21.9 Å². The Bertz CT molecular complexity index is 1380. The van der Waals surface area contributed by atoms with E-state index in [0.717, 1.165) is 12.1 Å². The summed E-state index contributed by atoms with van der Waals surface area (Å²) in [5, 5.41) is 0.962. The number of aryl methyl sites for hydroxylation is 2. The van der Waals surface area contributed by atoms with Gasteiger partial charge in [0.05, 0.1) is 6.61 Å². The zero-order valence-electron chi connectivity index (χ0n) is 19.3. The minimum absolute atomic E-state index is 0.249. The molecule has 0 bridgehead atoms. The summed E-state index contributed by atoms with van der Waals surface area (Å²) in [5.41, 5.74) is 1.86. The Morgan fingerprint density at radius 1 is 0.750 bits per heavy atom. The van der Waals surface area contributed by atoms with Gasteiger partial charge in [0.1, 0.15) is 17.4 Å². The van der Waals surface area contributed by atoms with E-state index >= 15 is 4.39 Å². The van der Waals surface area contributed by atoms with Crippen molar-refractivity contribution in [2.45, 2.75) is 25.9 Å². The largest absolute Gasteiger partial charge is 0.494 e. The summed E-state index contributed by atoms with van der Waals surface area (Å²) in [5.74, 6) is -1.85. The second kappa shape index (κ2) is 10.5. The second-order valence-electron chi connectivity index (χ2n) is 8.22. The molecular weight excluding hydrogens is 482 g/mol. The van der Waals surface area contributed by atoms with Gasteiger partial charge in [0.15, 0.2) is 18.2 Å². The molecule has 188 valence electrons. The lowest BCUT2D eigenvalue weighted by atomic mass is 9.97. The number of benzene rings is 4. The van der Waals surface area contributed by atoms with Crippen molar-refractivity contribution in [1.29, 1.82) is 0 Å². The van der Waals surface area contributed by atoms with Crippen LogP contribution >= 0.6 is 0 Å². The number of fused-ring (bicyclic) bond motifs is 1. The van der Waals surface area contributed by atoms with Crippen LogP contribution < -0.4 is 9.47 Å². The minimum Gasteiger partial charge on any atom is -0.494 e. The lowest BCUT2D eigenvalue weighted by Crippen LogP contribution is -2.19. The van der Waals surface area contributed by atoms with Gasteiger partial charge < -0.3 is 9.47 Å². The first-order valence-electron chi connectivity index (χ1n) is 11.3. The van der Waals surface area contributed by atoms with Gasteiger partial charge in [-0.2, -0.15) is 13.2 Å². The van der Waals surface area contributed by atoms with Crippen LogP contribution in [-0.2, 0) is 12.8 Å². The van der Waals surface area contributed by atoms with E-state index < -0.39 is 36.0 Å². The Hall–Kier alpha value is -3.68. The summed E-state index contributed by atoms with van der Waals surface area (Å²) in [6.45, 7) is 0.648. The number of ether oxygens (including phenoxy) is 2. The van der Waals surface area contributed by atoms with Crippen LogP contribution in [0.2, 0.25) is 0 Å². The summed E-state index contributed by atoms with van der Waals surface area (Å²) >= 11 is 0. The van der Waals surface area contributed by atoms with Crippen LogP contribution in [-0.4, -0.2) is 19.4 Å². The van der Waals surface area contributed by atoms with Gasteiger partial charge in [0, 0.05) is 17.0 Å². The van der Waals surface area contributed by atoms with E-state index in [-0.39, 0.29) is 12.8 Å². The molecule has 0 atom stereocenters. The van der Waals surface area contributed by atoms with E-state index in [1.54, 1.807) is 42.5 Å². The van der Waals surface area contributed by atoms with E-state index in [1.807, 2.05) is 6.92 Å². The number of rotatable bonds is 8. The Balaban J connectivity index is 1.49. The second-order valence-corrected chi connectivity index (χ2v) is 8.22. The summed E-state index contributed by atoms with van der Waals surface area (Å²) in [6, 6.07) is 16.6. The zero-order chi connectivity index (χ0) is 25.9. The third-order valence-electron chi connectivity index (χ3n) is 5.67. The van der Waals surface area contributed by atoms with E-state index in [1.165, 1.54) is 12.1 Å². The molecule has 0 spiro atoms. The first kappa shape index (κ1) is 25.4. The average molecular weight is 504 g/mol. The molecule has 0 radical (unpaired) electrons. The van der Waals surface area contributed by atoms with Gasteiger partial charge >= 0.3 is 6.18 Å². The van der Waals surface area contributed by atoms with E-state index in [2.05, 4.69) is 4.74 Å². The molecule has 0 aliphatic heterocycles. The third-order valence-corrected chi connectivity index (χ3v) is 5.67. The molecule has 0 aliphatic carbocycles. The van der Waals surface area contributed by atoms with Crippen molar-refractivity contribution in [2.24, 2.45) is 0 Å². The highest BCUT2D eigenvalue weighted by atomic mass is 19.4. The van der Waals surface area contributed by atoms with Crippen LogP contribution in [0, 0.1) is 17.5 Å². The fraction of sp³-hybridized carbons (Fsp3) is 0.214. The molecular formula is C28H22F6O2. The van der Waals surface area contributed by atoms with Crippen LogP contribution in [0.1, 0.15) is 18.1 Å². The average Bonchev–Trinajstić information content (AvgIpc) is 2.82. The fourth-order valence-electron chi connectivity index (χ4n) is 3.94. The topological polar surface area (TPSA) is 18.5 Å². The van der Waals surface area contributed by atoms with Crippen LogP contribution in [0.3, 0.4) is 0 Å². The first-order valence-corrected chi connectivity index (χ1v) is 11.3. The van der Waals surface area contributed by atoms with Crippen molar-refractivity contribution < 1.29 is 35.8 Å². The first-order chi connectivity index (χ1) is 17.1. The van der Waals surface area contributed by atoms with Crippen molar-refractivity contribution in [2.75, 3.05) is 13.2 Å². The normalized spacial score (nSPS) is 11.6. The third kappa shape index (κ3) is 5.93. The summed E-state index contributed by atoms with van der Waals surface area (Å²) in [7, 11) is 0. The Kier molecular flexibility index (Phi) is 7.43. The van der Waals surface area contributed by atoms with Crippen molar-refractivity contribution in [3.8, 4) is 22.6 Å². The molecule has 0 aromatic heterocycles. The predicted molar refractivity (Wildman–Crippen MR) is 126 cm³/mol. The van der Waals surface area contributed by atoms with Gasteiger partial charge in [0.2, 0.25) is 0 Å². The molecule has 0 saturated heterocycles. The van der Waals surface area contributed by atoms with Crippen molar-refractivity contribution >= 4 is 10.8 Å². The Morgan fingerprint density at radius 3 is 2.25 bits per heavy atom. The highest BCUT2D eigenvalue weighted by Crippen LogP contribution is 2.31. The quantitative estimate of drug-likeness (QED) is 0.226. The van der Waals surface area contributed by atoms with Crippen molar-refractivity contribution in [3.05, 3.63) is 95.3 Å². The summed E-state index contributed by atoms with van der Waals surface area (Å²) in [4.78, 5) is 0. The molecule has 0 aliphatic rings. The highest BCUT2D eigenvalue weighted by molar-refractivity contribution is 5.88. The van der Waals surface area contributed by atoms with Gasteiger partial charge in [-0.1, -0.05) is 30.3 Å². The highest BCUT2D eigenvalue weighted by Gasteiger charge is 2.29. The number of hydrogen-bond acceptors (Lipinski definition) is 2. The smallest absolute Gasteiger partial charge is 0.422 e. The molecule has 0 heterocycles. The molecule has 2 nitrogen and oxygen atoms in total. The molecule has 0 N–H and O–H groups in total. The van der Waals surface area contributed by atoms with Gasteiger partial charge in [-0.3, -0.25) is 0 Å². The van der Waals surface area contributed by atoms with Crippen LogP contribution in [0.4, 0.5) is 26.3 Å². The molecule has 4 aromatic rings. The molecule has 0 unspecified atom stereocenters. The zero-order valence-corrected chi connectivity index (χ0v) is 19.3. The van der Waals surface area contributed by atoms with Crippen molar-refractivity contribution in [1.82, 2.24) is 0 Å². The molecule has 0 saturated carbocycles.